The lowest BCUT2D eigenvalue weighted by molar-refractivity contribution is 0.0934. The van der Waals surface area contributed by atoms with E-state index in [0.717, 1.165) is 11.3 Å². The highest BCUT2D eigenvalue weighted by molar-refractivity contribution is 5.93. The standard InChI is InChI=1S/C14H18N4O3/c1-10-4-3-5-11(8-10)18-12(9-21-2)13(16-17-18)14(20)15-6-7-19/h3-5,8,19H,6-7,9H2,1-2H3,(H,15,20). The SMILES string of the molecule is COCc1c(C(=O)NCCO)nnn1-c1cccc(C)c1. The molecule has 0 radical (unpaired) electrons. The van der Waals surface area contributed by atoms with Crippen LogP contribution in [0.2, 0.25) is 0 Å². The maximum atomic E-state index is 12.0. The van der Waals surface area contributed by atoms with Crippen LogP contribution < -0.4 is 5.32 Å². The molecule has 1 aromatic heterocycles. The van der Waals surface area contributed by atoms with Crippen LogP contribution in [0.15, 0.2) is 24.3 Å². The minimum Gasteiger partial charge on any atom is -0.395 e. The van der Waals surface area contributed by atoms with Crippen molar-refractivity contribution in [3.63, 3.8) is 0 Å². The molecule has 1 heterocycles. The van der Waals surface area contributed by atoms with Gasteiger partial charge in [0, 0.05) is 13.7 Å². The number of nitrogens with one attached hydrogen (secondary N) is 1. The molecular formula is C14H18N4O3. The van der Waals surface area contributed by atoms with Crippen LogP contribution in [0.25, 0.3) is 5.69 Å². The number of ether oxygens (including phenoxy) is 1. The Bertz CT molecular complexity index is 624. The van der Waals surface area contributed by atoms with Crippen LogP contribution in [-0.4, -0.2) is 46.3 Å². The van der Waals surface area contributed by atoms with Crippen molar-refractivity contribution in [3.8, 4) is 5.69 Å². The Balaban J connectivity index is 2.39. The second-order valence-electron chi connectivity index (χ2n) is 4.55. The summed E-state index contributed by atoms with van der Waals surface area (Å²) >= 11 is 0. The maximum Gasteiger partial charge on any atom is 0.273 e. The van der Waals surface area contributed by atoms with E-state index >= 15 is 0 Å². The van der Waals surface area contributed by atoms with Gasteiger partial charge in [-0.25, -0.2) is 4.68 Å². The van der Waals surface area contributed by atoms with Gasteiger partial charge in [-0.2, -0.15) is 0 Å². The Hall–Kier alpha value is -2.25. The monoisotopic (exact) mass is 290 g/mol. The molecule has 2 N–H and O–H groups in total. The van der Waals surface area contributed by atoms with Crippen molar-refractivity contribution in [1.82, 2.24) is 20.3 Å². The number of methoxy groups -OCH3 is 1. The van der Waals surface area contributed by atoms with Gasteiger partial charge in [-0.3, -0.25) is 4.79 Å². The normalized spacial score (nSPS) is 10.6. The molecule has 0 saturated carbocycles. The number of carbonyl (C=O) groups excluding carboxylic acids is 1. The van der Waals surface area contributed by atoms with Crippen molar-refractivity contribution in [2.45, 2.75) is 13.5 Å². The van der Waals surface area contributed by atoms with Gasteiger partial charge >= 0.3 is 0 Å². The quantitative estimate of drug-likeness (QED) is 0.806. The molecule has 112 valence electrons. The molecule has 7 heteroatoms. The topological polar surface area (TPSA) is 89.3 Å². The van der Waals surface area contributed by atoms with Crippen molar-refractivity contribution in [3.05, 3.63) is 41.2 Å². The summed E-state index contributed by atoms with van der Waals surface area (Å²) < 4.78 is 6.73. The van der Waals surface area contributed by atoms with Crippen LogP contribution in [0.3, 0.4) is 0 Å². The first-order valence-electron chi connectivity index (χ1n) is 6.57. The third-order valence-electron chi connectivity index (χ3n) is 2.90. The number of hydrogen-bond acceptors (Lipinski definition) is 5. The molecule has 21 heavy (non-hydrogen) atoms. The molecule has 2 aromatic rings. The van der Waals surface area contributed by atoms with E-state index in [0.29, 0.717) is 5.69 Å². The predicted molar refractivity (Wildman–Crippen MR) is 76.2 cm³/mol. The largest absolute Gasteiger partial charge is 0.395 e. The Labute approximate surface area is 122 Å². The Kier molecular flexibility index (Phi) is 5.02. The van der Waals surface area contributed by atoms with Crippen LogP contribution in [0.4, 0.5) is 0 Å². The summed E-state index contributed by atoms with van der Waals surface area (Å²) in [5.41, 5.74) is 2.67. The molecule has 2 rings (SSSR count). The molecule has 0 saturated heterocycles. The summed E-state index contributed by atoms with van der Waals surface area (Å²) in [6.45, 7) is 2.23. The zero-order valence-corrected chi connectivity index (χ0v) is 12.0. The maximum absolute atomic E-state index is 12.0. The first-order chi connectivity index (χ1) is 10.2. The minimum absolute atomic E-state index is 0.128. The predicted octanol–water partition coefficient (Wildman–Crippen LogP) is 0.444. The van der Waals surface area contributed by atoms with E-state index in [1.54, 1.807) is 11.8 Å². The second-order valence-corrected chi connectivity index (χ2v) is 4.55. The van der Waals surface area contributed by atoms with E-state index in [4.69, 9.17) is 9.84 Å². The van der Waals surface area contributed by atoms with Crippen LogP contribution in [0.1, 0.15) is 21.7 Å². The molecular weight excluding hydrogens is 272 g/mol. The Morgan fingerprint density at radius 3 is 2.95 bits per heavy atom. The zero-order valence-electron chi connectivity index (χ0n) is 12.0. The third kappa shape index (κ3) is 3.45. The molecule has 1 aromatic carbocycles. The van der Waals surface area contributed by atoms with Crippen molar-refractivity contribution < 1.29 is 14.6 Å². The fourth-order valence-electron chi connectivity index (χ4n) is 1.96. The highest BCUT2D eigenvalue weighted by Crippen LogP contribution is 2.15. The molecule has 0 fully saturated rings. The molecule has 0 atom stereocenters. The van der Waals surface area contributed by atoms with Crippen LogP contribution in [0, 0.1) is 6.92 Å². The third-order valence-corrected chi connectivity index (χ3v) is 2.90. The summed E-state index contributed by atoms with van der Waals surface area (Å²) in [4.78, 5) is 12.0. The van der Waals surface area contributed by atoms with Gasteiger partial charge in [-0.1, -0.05) is 17.3 Å². The number of aliphatic hydroxyl groups is 1. The minimum atomic E-state index is -0.380. The van der Waals surface area contributed by atoms with Gasteiger partial charge in [0.25, 0.3) is 5.91 Å². The zero-order chi connectivity index (χ0) is 15.2. The number of aliphatic hydroxyl groups excluding tert-OH is 1. The van der Waals surface area contributed by atoms with Gasteiger partial charge in [-0.15, -0.1) is 5.10 Å². The number of nitrogens with zero attached hydrogens (tertiary/aromatic N) is 3. The molecule has 7 nitrogen and oxygen atoms in total. The Morgan fingerprint density at radius 1 is 1.48 bits per heavy atom. The van der Waals surface area contributed by atoms with Crippen molar-refractivity contribution in [2.24, 2.45) is 0 Å². The summed E-state index contributed by atoms with van der Waals surface area (Å²) in [5.74, 6) is -0.380. The lowest BCUT2D eigenvalue weighted by atomic mass is 10.2. The van der Waals surface area contributed by atoms with Crippen molar-refractivity contribution in [1.29, 1.82) is 0 Å². The first kappa shape index (κ1) is 15.1. The number of amides is 1. The van der Waals surface area contributed by atoms with E-state index in [1.807, 2.05) is 31.2 Å². The van der Waals surface area contributed by atoms with Gasteiger partial charge in [0.1, 0.15) is 5.69 Å². The molecule has 0 bridgehead atoms. The summed E-state index contributed by atoms with van der Waals surface area (Å²) in [5, 5.41) is 19.3. The highest BCUT2D eigenvalue weighted by Gasteiger charge is 2.20. The van der Waals surface area contributed by atoms with Crippen molar-refractivity contribution >= 4 is 5.91 Å². The van der Waals surface area contributed by atoms with Gasteiger partial charge in [0.2, 0.25) is 0 Å². The van der Waals surface area contributed by atoms with Gasteiger partial charge in [-0.05, 0) is 24.6 Å². The van der Waals surface area contributed by atoms with Crippen LogP contribution >= 0.6 is 0 Å². The van der Waals surface area contributed by atoms with Gasteiger partial charge in [0.15, 0.2) is 5.69 Å². The molecule has 0 aliphatic heterocycles. The number of aromatic nitrogens is 3. The lowest BCUT2D eigenvalue weighted by Gasteiger charge is -2.08. The molecule has 0 aliphatic carbocycles. The summed E-state index contributed by atoms with van der Waals surface area (Å²) in [6.07, 6.45) is 0. The highest BCUT2D eigenvalue weighted by atomic mass is 16.5. The fraction of sp³-hybridized carbons (Fsp3) is 0.357. The fourth-order valence-corrected chi connectivity index (χ4v) is 1.96. The number of hydrogen-bond donors (Lipinski definition) is 2. The molecule has 0 aliphatic rings. The first-order valence-corrected chi connectivity index (χ1v) is 6.57. The number of rotatable bonds is 6. The number of aryl methyl sites for hydroxylation is 1. The van der Waals surface area contributed by atoms with Crippen molar-refractivity contribution in [2.75, 3.05) is 20.3 Å². The lowest BCUT2D eigenvalue weighted by Crippen LogP contribution is -2.27. The van der Waals surface area contributed by atoms with E-state index < -0.39 is 0 Å². The van der Waals surface area contributed by atoms with Crippen LogP contribution in [0.5, 0.6) is 0 Å². The summed E-state index contributed by atoms with van der Waals surface area (Å²) in [7, 11) is 1.54. The average molecular weight is 290 g/mol. The van der Waals surface area contributed by atoms with E-state index in [-0.39, 0.29) is 31.4 Å². The summed E-state index contributed by atoms with van der Waals surface area (Å²) in [6, 6.07) is 7.72. The molecule has 1 amide bonds. The van der Waals surface area contributed by atoms with E-state index in [9.17, 15) is 4.79 Å². The molecule has 0 spiro atoms. The van der Waals surface area contributed by atoms with Gasteiger partial charge < -0.3 is 15.2 Å². The number of carbonyl (C=O) groups is 1. The van der Waals surface area contributed by atoms with E-state index in [2.05, 4.69) is 15.6 Å². The van der Waals surface area contributed by atoms with Gasteiger partial charge in [0.05, 0.1) is 18.9 Å². The second kappa shape index (κ2) is 6.96. The smallest absolute Gasteiger partial charge is 0.273 e. The van der Waals surface area contributed by atoms with Crippen LogP contribution in [-0.2, 0) is 11.3 Å². The average Bonchev–Trinajstić information content (AvgIpc) is 2.89. The number of benzene rings is 1. The van der Waals surface area contributed by atoms with E-state index in [1.165, 1.54) is 0 Å². The molecule has 0 unspecified atom stereocenters. The Morgan fingerprint density at radius 2 is 2.29 bits per heavy atom.